The molecule has 0 saturated carbocycles. The van der Waals surface area contributed by atoms with Gasteiger partial charge in [0.15, 0.2) is 0 Å². The maximum absolute atomic E-state index is 12.2. The second-order valence-corrected chi connectivity index (χ2v) is 5.40. The van der Waals surface area contributed by atoms with Gasteiger partial charge in [-0.15, -0.1) is 0 Å². The van der Waals surface area contributed by atoms with E-state index < -0.39 is 0 Å². The Bertz CT molecular complexity index is 502. The van der Waals surface area contributed by atoms with E-state index in [0.717, 1.165) is 18.6 Å². The van der Waals surface area contributed by atoms with Crippen LogP contribution in [0.4, 0.5) is 0 Å². The number of amides is 1. The number of hydrogen-bond donors (Lipinski definition) is 2. The molecule has 2 heterocycles. The smallest absolute Gasteiger partial charge is 0.271 e. The molecule has 1 aliphatic heterocycles. The highest BCUT2D eigenvalue weighted by Gasteiger charge is 2.19. The molecule has 1 aliphatic rings. The van der Waals surface area contributed by atoms with Crippen molar-refractivity contribution >= 4 is 17.7 Å². The molecule has 100 valence electrons. The van der Waals surface area contributed by atoms with Gasteiger partial charge in [-0.1, -0.05) is 11.8 Å². The van der Waals surface area contributed by atoms with Crippen molar-refractivity contribution in [1.29, 1.82) is 0 Å². The van der Waals surface area contributed by atoms with Crippen LogP contribution in [0.2, 0.25) is 0 Å². The summed E-state index contributed by atoms with van der Waals surface area (Å²) < 4.78 is 0. The van der Waals surface area contributed by atoms with E-state index in [0.29, 0.717) is 11.3 Å². The van der Waals surface area contributed by atoms with Crippen LogP contribution in [0.1, 0.15) is 28.9 Å². The fourth-order valence-electron chi connectivity index (χ4n) is 1.93. The summed E-state index contributed by atoms with van der Waals surface area (Å²) in [5, 5.41) is 11.7. The van der Waals surface area contributed by atoms with Crippen LogP contribution in [0.25, 0.3) is 0 Å². The van der Waals surface area contributed by atoms with Crippen molar-refractivity contribution in [3.8, 4) is 11.8 Å². The molecule has 5 heteroatoms. The average molecular weight is 276 g/mol. The van der Waals surface area contributed by atoms with Crippen molar-refractivity contribution in [2.75, 3.05) is 18.1 Å². The van der Waals surface area contributed by atoms with Crippen LogP contribution in [0.3, 0.4) is 0 Å². The summed E-state index contributed by atoms with van der Waals surface area (Å²) >= 11 is 1.86. The standard InChI is InChI=1S/C14H16N2O2S/c17-8-2-5-11-4-1-7-15-13(11)14(18)16-12-6-3-9-19-10-12/h1,4,7,12,17H,3,6,8-10H2,(H,16,18). The summed E-state index contributed by atoms with van der Waals surface area (Å²) in [5.74, 6) is 7.24. The molecule has 19 heavy (non-hydrogen) atoms. The molecule has 1 aromatic heterocycles. The van der Waals surface area contributed by atoms with E-state index in [1.54, 1.807) is 18.3 Å². The molecule has 1 aromatic rings. The number of pyridine rings is 1. The lowest BCUT2D eigenvalue weighted by Gasteiger charge is -2.22. The molecule has 0 radical (unpaired) electrons. The molecule has 1 amide bonds. The molecular formula is C14H16N2O2S. The van der Waals surface area contributed by atoms with Gasteiger partial charge in [-0.05, 0) is 30.7 Å². The van der Waals surface area contributed by atoms with E-state index in [1.807, 2.05) is 11.8 Å². The minimum atomic E-state index is -0.227. The Morgan fingerprint density at radius 3 is 3.26 bits per heavy atom. The monoisotopic (exact) mass is 276 g/mol. The summed E-state index contributed by atoms with van der Waals surface area (Å²) in [6, 6.07) is 3.68. The van der Waals surface area contributed by atoms with Crippen LogP contribution in [-0.2, 0) is 0 Å². The van der Waals surface area contributed by atoms with Crippen molar-refractivity contribution in [2.45, 2.75) is 18.9 Å². The molecule has 4 nitrogen and oxygen atoms in total. The van der Waals surface area contributed by atoms with Gasteiger partial charge in [0.1, 0.15) is 12.3 Å². The zero-order valence-corrected chi connectivity index (χ0v) is 11.4. The van der Waals surface area contributed by atoms with Crippen molar-refractivity contribution in [1.82, 2.24) is 10.3 Å². The number of carbonyl (C=O) groups is 1. The zero-order valence-electron chi connectivity index (χ0n) is 10.6. The first-order valence-corrected chi connectivity index (χ1v) is 7.40. The van der Waals surface area contributed by atoms with Gasteiger partial charge in [0.25, 0.3) is 5.91 Å². The number of thioether (sulfide) groups is 1. The largest absolute Gasteiger partial charge is 0.384 e. The Hall–Kier alpha value is -1.51. The molecular weight excluding hydrogens is 260 g/mol. The Morgan fingerprint density at radius 1 is 1.63 bits per heavy atom. The number of nitrogens with zero attached hydrogens (tertiary/aromatic N) is 1. The lowest BCUT2D eigenvalue weighted by atomic mass is 10.1. The molecule has 0 aliphatic carbocycles. The third-order valence-corrected chi connectivity index (χ3v) is 4.04. The van der Waals surface area contributed by atoms with Gasteiger partial charge in [0, 0.05) is 18.0 Å². The number of aliphatic hydroxyl groups is 1. The van der Waals surface area contributed by atoms with Crippen LogP contribution in [0.15, 0.2) is 18.3 Å². The van der Waals surface area contributed by atoms with E-state index in [4.69, 9.17) is 5.11 Å². The third kappa shape index (κ3) is 3.98. The number of rotatable bonds is 2. The van der Waals surface area contributed by atoms with Crippen LogP contribution in [-0.4, -0.2) is 40.2 Å². The van der Waals surface area contributed by atoms with Crippen molar-refractivity contribution in [2.24, 2.45) is 0 Å². The molecule has 2 rings (SSSR count). The zero-order chi connectivity index (χ0) is 13.5. The topological polar surface area (TPSA) is 62.2 Å². The van der Waals surface area contributed by atoms with Gasteiger partial charge >= 0.3 is 0 Å². The van der Waals surface area contributed by atoms with E-state index in [1.165, 1.54) is 5.75 Å². The Morgan fingerprint density at radius 2 is 2.53 bits per heavy atom. The minimum absolute atomic E-state index is 0.185. The first-order chi connectivity index (χ1) is 9.31. The molecule has 2 N–H and O–H groups in total. The first-order valence-electron chi connectivity index (χ1n) is 6.24. The highest BCUT2D eigenvalue weighted by molar-refractivity contribution is 7.99. The van der Waals surface area contributed by atoms with E-state index in [9.17, 15) is 4.79 Å². The number of hydrogen-bond acceptors (Lipinski definition) is 4. The number of carbonyl (C=O) groups excluding carboxylic acids is 1. The molecule has 1 atom stereocenters. The lowest BCUT2D eigenvalue weighted by Crippen LogP contribution is -2.39. The Balaban J connectivity index is 2.09. The van der Waals surface area contributed by atoms with Gasteiger partial charge in [0.2, 0.25) is 0 Å². The normalized spacial score (nSPS) is 18.3. The second-order valence-electron chi connectivity index (χ2n) is 4.25. The fraction of sp³-hybridized carbons (Fsp3) is 0.429. The van der Waals surface area contributed by atoms with Crippen LogP contribution in [0.5, 0.6) is 0 Å². The first kappa shape index (κ1) is 13.9. The summed E-state index contributed by atoms with van der Waals surface area (Å²) in [6.45, 7) is -0.227. The fourth-order valence-corrected chi connectivity index (χ4v) is 3.00. The predicted octanol–water partition coefficient (Wildman–Crippen LogP) is 1.05. The molecule has 1 saturated heterocycles. The average Bonchev–Trinajstić information content (AvgIpc) is 2.46. The molecule has 0 spiro atoms. The summed E-state index contributed by atoms with van der Waals surface area (Å²) in [5.41, 5.74) is 0.886. The van der Waals surface area contributed by atoms with E-state index in [2.05, 4.69) is 22.1 Å². The molecule has 0 bridgehead atoms. The van der Waals surface area contributed by atoms with Gasteiger partial charge < -0.3 is 10.4 Å². The molecule has 0 aromatic carbocycles. The van der Waals surface area contributed by atoms with Crippen LogP contribution < -0.4 is 5.32 Å². The van der Waals surface area contributed by atoms with Crippen LogP contribution in [0, 0.1) is 11.8 Å². The summed E-state index contributed by atoms with van der Waals surface area (Å²) in [6.07, 6.45) is 3.73. The molecule has 1 unspecified atom stereocenters. The Labute approximate surface area is 117 Å². The van der Waals surface area contributed by atoms with E-state index in [-0.39, 0.29) is 18.6 Å². The maximum atomic E-state index is 12.2. The van der Waals surface area contributed by atoms with Crippen LogP contribution >= 0.6 is 11.8 Å². The predicted molar refractivity (Wildman–Crippen MR) is 76.0 cm³/mol. The molecule has 1 fully saturated rings. The van der Waals surface area contributed by atoms with Gasteiger partial charge in [-0.25, -0.2) is 4.98 Å². The van der Waals surface area contributed by atoms with Crippen molar-refractivity contribution in [3.63, 3.8) is 0 Å². The third-order valence-electron chi connectivity index (χ3n) is 2.82. The quantitative estimate of drug-likeness (QED) is 0.793. The maximum Gasteiger partial charge on any atom is 0.271 e. The summed E-state index contributed by atoms with van der Waals surface area (Å²) in [4.78, 5) is 16.3. The lowest BCUT2D eigenvalue weighted by molar-refractivity contribution is 0.0933. The highest BCUT2D eigenvalue weighted by atomic mass is 32.2. The Kier molecular flexibility index (Phi) is 5.25. The number of aliphatic hydroxyl groups excluding tert-OH is 1. The van der Waals surface area contributed by atoms with Gasteiger partial charge in [-0.3, -0.25) is 4.79 Å². The van der Waals surface area contributed by atoms with Gasteiger partial charge in [0.05, 0.1) is 5.56 Å². The highest BCUT2D eigenvalue weighted by Crippen LogP contribution is 2.17. The van der Waals surface area contributed by atoms with Crippen molar-refractivity contribution in [3.05, 3.63) is 29.6 Å². The SMILES string of the molecule is O=C(NC1CCCSC1)c1ncccc1C#CCO. The van der Waals surface area contributed by atoms with Gasteiger partial charge in [-0.2, -0.15) is 11.8 Å². The number of aromatic nitrogens is 1. The second kappa shape index (κ2) is 7.17. The van der Waals surface area contributed by atoms with Crippen molar-refractivity contribution < 1.29 is 9.90 Å². The van der Waals surface area contributed by atoms with E-state index >= 15 is 0 Å². The number of nitrogens with one attached hydrogen (secondary N) is 1. The summed E-state index contributed by atoms with van der Waals surface area (Å²) in [7, 11) is 0. The minimum Gasteiger partial charge on any atom is -0.384 e.